The van der Waals surface area contributed by atoms with E-state index in [1.54, 1.807) is 12.4 Å². The average Bonchev–Trinajstić information content (AvgIpc) is 2.54. The first-order chi connectivity index (χ1) is 5.83. The number of aliphatic hydroxyl groups excluding tert-OH is 1. The third-order valence-corrected chi connectivity index (χ3v) is 3.28. The average molecular weight is 245 g/mol. The van der Waals surface area contributed by atoms with Crippen LogP contribution in [0.4, 0.5) is 0 Å². The summed E-state index contributed by atoms with van der Waals surface area (Å²) in [7, 11) is 0. The molecule has 12 heavy (non-hydrogen) atoms. The Kier molecular flexibility index (Phi) is 2.08. The molecule has 0 saturated carbocycles. The minimum absolute atomic E-state index is 0.0395. The van der Waals surface area contributed by atoms with E-state index in [0.717, 1.165) is 14.6 Å². The highest BCUT2D eigenvalue weighted by Crippen LogP contribution is 2.27. The molecule has 62 valence electrons. The third-order valence-electron chi connectivity index (χ3n) is 1.58. The Morgan fingerprint density at radius 2 is 2.33 bits per heavy atom. The van der Waals surface area contributed by atoms with Crippen LogP contribution < -0.4 is 0 Å². The van der Waals surface area contributed by atoms with Gasteiger partial charge in [0.2, 0.25) is 0 Å². The lowest BCUT2D eigenvalue weighted by atomic mass is 10.3. The summed E-state index contributed by atoms with van der Waals surface area (Å²) in [5, 5.41) is 9.87. The molecule has 2 aromatic heterocycles. The van der Waals surface area contributed by atoms with Crippen LogP contribution in [0.3, 0.4) is 0 Å². The molecule has 2 aromatic rings. The monoisotopic (exact) mass is 244 g/mol. The molecule has 0 radical (unpaired) electrons. The van der Waals surface area contributed by atoms with Gasteiger partial charge in [0.25, 0.3) is 0 Å². The maximum atomic E-state index is 8.94. The van der Waals surface area contributed by atoms with Crippen LogP contribution in [0, 0.1) is 0 Å². The van der Waals surface area contributed by atoms with E-state index in [0.29, 0.717) is 5.69 Å². The Morgan fingerprint density at radius 1 is 1.50 bits per heavy atom. The minimum Gasteiger partial charge on any atom is -0.390 e. The molecule has 0 unspecified atom stereocenters. The number of nitrogens with zero attached hydrogens (tertiary/aromatic N) is 2. The van der Waals surface area contributed by atoms with Crippen molar-refractivity contribution in [1.82, 2.24) is 9.36 Å². The Hall–Kier alpha value is -0.520. The fourth-order valence-electron chi connectivity index (χ4n) is 1.01. The van der Waals surface area contributed by atoms with E-state index in [9.17, 15) is 0 Å². The zero-order valence-corrected chi connectivity index (χ0v) is 8.39. The molecule has 0 spiro atoms. The SMILES string of the molecule is OCc1ncc(Br)c2sncc12. The lowest BCUT2D eigenvalue weighted by Crippen LogP contribution is -1.88. The molecule has 0 aliphatic heterocycles. The number of aromatic nitrogens is 2. The Balaban J connectivity index is 2.82. The largest absolute Gasteiger partial charge is 0.390 e. The molecule has 0 aliphatic rings. The maximum absolute atomic E-state index is 8.94. The predicted octanol–water partition coefficient (Wildman–Crippen LogP) is 1.95. The molecule has 5 heteroatoms. The zero-order valence-electron chi connectivity index (χ0n) is 5.99. The molecule has 2 rings (SSSR count). The second-order valence-electron chi connectivity index (χ2n) is 2.28. The molecule has 0 amide bonds. The standard InChI is InChI=1S/C7H5BrN2OS/c8-5-2-9-6(3-11)4-1-10-12-7(4)5/h1-2,11H,3H2. The van der Waals surface area contributed by atoms with Crippen molar-refractivity contribution in [2.75, 3.05) is 0 Å². The summed E-state index contributed by atoms with van der Waals surface area (Å²) in [6.07, 6.45) is 3.41. The van der Waals surface area contributed by atoms with Crippen LogP contribution >= 0.6 is 27.5 Å². The number of hydrogen-bond donors (Lipinski definition) is 1. The fraction of sp³-hybridized carbons (Fsp3) is 0.143. The van der Waals surface area contributed by atoms with E-state index < -0.39 is 0 Å². The highest BCUT2D eigenvalue weighted by atomic mass is 79.9. The highest BCUT2D eigenvalue weighted by molar-refractivity contribution is 9.10. The highest BCUT2D eigenvalue weighted by Gasteiger charge is 2.06. The van der Waals surface area contributed by atoms with E-state index in [1.807, 2.05) is 0 Å². The summed E-state index contributed by atoms with van der Waals surface area (Å²) in [6, 6.07) is 0. The molecule has 0 atom stereocenters. The number of aliphatic hydroxyl groups is 1. The Labute approximate surface area is 81.4 Å². The zero-order chi connectivity index (χ0) is 8.55. The first kappa shape index (κ1) is 8.10. The topological polar surface area (TPSA) is 46.0 Å². The summed E-state index contributed by atoms with van der Waals surface area (Å²) < 4.78 is 6.00. The number of pyridine rings is 1. The number of hydrogen-bond acceptors (Lipinski definition) is 4. The van der Waals surface area contributed by atoms with E-state index >= 15 is 0 Å². The van der Waals surface area contributed by atoms with E-state index in [4.69, 9.17) is 5.11 Å². The molecule has 1 N–H and O–H groups in total. The van der Waals surface area contributed by atoms with Gasteiger partial charge in [-0.05, 0) is 27.5 Å². The molecule has 0 saturated heterocycles. The molecule has 2 heterocycles. The number of halogens is 1. The summed E-state index contributed by atoms with van der Waals surface area (Å²) in [5.74, 6) is 0. The normalized spacial score (nSPS) is 10.8. The maximum Gasteiger partial charge on any atom is 0.0860 e. The van der Waals surface area contributed by atoms with Crippen LogP contribution in [0.1, 0.15) is 5.69 Å². The first-order valence-electron chi connectivity index (χ1n) is 3.31. The Bertz CT molecular complexity index is 415. The smallest absolute Gasteiger partial charge is 0.0860 e. The fourth-order valence-corrected chi connectivity index (χ4v) is 2.21. The van der Waals surface area contributed by atoms with Crippen LogP contribution in [0.5, 0.6) is 0 Å². The van der Waals surface area contributed by atoms with E-state index in [-0.39, 0.29) is 6.61 Å². The molecular weight excluding hydrogens is 240 g/mol. The van der Waals surface area contributed by atoms with Gasteiger partial charge in [-0.1, -0.05) is 0 Å². The van der Waals surface area contributed by atoms with Crippen molar-refractivity contribution in [3.05, 3.63) is 22.6 Å². The van der Waals surface area contributed by atoms with Crippen molar-refractivity contribution >= 4 is 37.5 Å². The van der Waals surface area contributed by atoms with Crippen LogP contribution in [0.2, 0.25) is 0 Å². The van der Waals surface area contributed by atoms with Gasteiger partial charge in [0.1, 0.15) is 0 Å². The third kappa shape index (κ3) is 1.14. The summed E-state index contributed by atoms with van der Waals surface area (Å²) in [5.41, 5.74) is 0.682. The molecule has 3 nitrogen and oxygen atoms in total. The van der Waals surface area contributed by atoms with Crippen molar-refractivity contribution in [3.63, 3.8) is 0 Å². The van der Waals surface area contributed by atoms with Gasteiger partial charge in [-0.3, -0.25) is 4.98 Å². The summed E-state index contributed by atoms with van der Waals surface area (Å²) in [6.45, 7) is -0.0395. The van der Waals surface area contributed by atoms with Gasteiger partial charge in [0.05, 0.1) is 27.7 Å². The van der Waals surface area contributed by atoms with E-state index in [2.05, 4.69) is 25.3 Å². The quantitative estimate of drug-likeness (QED) is 0.835. The van der Waals surface area contributed by atoms with Crippen LogP contribution in [0.25, 0.3) is 10.1 Å². The lowest BCUT2D eigenvalue weighted by Gasteiger charge is -1.97. The van der Waals surface area contributed by atoms with Crippen molar-refractivity contribution in [2.24, 2.45) is 0 Å². The number of rotatable bonds is 1. The van der Waals surface area contributed by atoms with Gasteiger partial charge >= 0.3 is 0 Å². The van der Waals surface area contributed by atoms with Gasteiger partial charge in [-0.15, -0.1) is 0 Å². The van der Waals surface area contributed by atoms with Crippen molar-refractivity contribution in [1.29, 1.82) is 0 Å². The summed E-state index contributed by atoms with van der Waals surface area (Å²) in [4.78, 5) is 4.07. The lowest BCUT2D eigenvalue weighted by molar-refractivity contribution is 0.278. The van der Waals surface area contributed by atoms with Gasteiger partial charge in [0.15, 0.2) is 0 Å². The van der Waals surface area contributed by atoms with Crippen molar-refractivity contribution in [3.8, 4) is 0 Å². The van der Waals surface area contributed by atoms with Crippen LogP contribution in [0.15, 0.2) is 16.9 Å². The van der Waals surface area contributed by atoms with Gasteiger partial charge in [-0.25, -0.2) is 0 Å². The minimum atomic E-state index is -0.0395. The van der Waals surface area contributed by atoms with Crippen LogP contribution in [-0.4, -0.2) is 14.5 Å². The van der Waals surface area contributed by atoms with Crippen molar-refractivity contribution < 1.29 is 5.11 Å². The molecule has 0 aliphatic carbocycles. The summed E-state index contributed by atoms with van der Waals surface area (Å²) >= 11 is 4.76. The molecule has 0 bridgehead atoms. The van der Waals surface area contributed by atoms with Gasteiger partial charge < -0.3 is 5.11 Å². The first-order valence-corrected chi connectivity index (χ1v) is 4.88. The van der Waals surface area contributed by atoms with E-state index in [1.165, 1.54) is 11.5 Å². The molecule has 0 fully saturated rings. The van der Waals surface area contributed by atoms with Crippen molar-refractivity contribution in [2.45, 2.75) is 6.61 Å². The number of fused-ring (bicyclic) bond motifs is 1. The second-order valence-corrected chi connectivity index (χ2v) is 3.94. The molecular formula is C7H5BrN2OS. The predicted molar refractivity (Wildman–Crippen MR) is 51.0 cm³/mol. The molecule has 0 aromatic carbocycles. The van der Waals surface area contributed by atoms with Crippen LogP contribution in [-0.2, 0) is 6.61 Å². The Morgan fingerprint density at radius 3 is 3.08 bits per heavy atom. The second kappa shape index (κ2) is 3.08. The van der Waals surface area contributed by atoms with Gasteiger partial charge in [-0.2, -0.15) is 4.37 Å². The van der Waals surface area contributed by atoms with Gasteiger partial charge in [0, 0.05) is 11.6 Å².